The van der Waals surface area contributed by atoms with E-state index in [-0.39, 0.29) is 16.9 Å². The number of aromatic nitrogens is 1. The van der Waals surface area contributed by atoms with Crippen molar-refractivity contribution in [3.8, 4) is 0 Å². The van der Waals surface area contributed by atoms with Gasteiger partial charge in [0.2, 0.25) is 5.43 Å². The van der Waals surface area contributed by atoms with E-state index in [4.69, 9.17) is 0 Å². The van der Waals surface area contributed by atoms with Crippen LogP contribution in [0.2, 0.25) is 0 Å². The van der Waals surface area contributed by atoms with Crippen LogP contribution in [0, 0.1) is 0 Å². The van der Waals surface area contributed by atoms with Crippen LogP contribution in [-0.4, -0.2) is 17.0 Å². The molecule has 98 valence electrons. The van der Waals surface area contributed by atoms with Gasteiger partial charge in [0.25, 0.3) is 5.91 Å². The second kappa shape index (κ2) is 4.49. The first kappa shape index (κ1) is 12.4. The first-order chi connectivity index (χ1) is 9.11. The molecule has 0 radical (unpaired) electrons. The average molecular weight is 321 g/mol. The number of carbonyl (C=O) groups excluding carboxylic acids is 1. The molecule has 0 fully saturated rings. The molecule has 19 heavy (non-hydrogen) atoms. The number of nitrogens with zero attached hydrogens (tertiary/aromatic N) is 1. The third-order valence-electron chi connectivity index (χ3n) is 3.42. The van der Waals surface area contributed by atoms with E-state index in [1.165, 1.54) is 0 Å². The first-order valence-electron chi connectivity index (χ1n) is 6.25. The van der Waals surface area contributed by atoms with Crippen molar-refractivity contribution in [2.75, 3.05) is 6.54 Å². The highest BCUT2D eigenvalue weighted by molar-refractivity contribution is 9.10. The van der Waals surface area contributed by atoms with Crippen molar-refractivity contribution in [3.63, 3.8) is 0 Å². The summed E-state index contributed by atoms with van der Waals surface area (Å²) in [4.78, 5) is 24.4. The van der Waals surface area contributed by atoms with Gasteiger partial charge in [0, 0.05) is 29.1 Å². The van der Waals surface area contributed by atoms with E-state index in [0.29, 0.717) is 11.9 Å². The second-order valence-corrected chi connectivity index (χ2v) is 5.55. The zero-order valence-corrected chi connectivity index (χ0v) is 12.1. The maximum atomic E-state index is 12.4. The molecule has 2 aromatic rings. The van der Waals surface area contributed by atoms with Gasteiger partial charge in [-0.05, 0) is 31.0 Å². The largest absolute Gasteiger partial charge is 0.352 e. The van der Waals surface area contributed by atoms with Crippen LogP contribution < -0.4 is 10.7 Å². The Morgan fingerprint density at radius 3 is 3.00 bits per heavy atom. The van der Waals surface area contributed by atoms with Crippen molar-refractivity contribution < 1.29 is 4.79 Å². The summed E-state index contributed by atoms with van der Waals surface area (Å²) >= 11 is 3.43. The Kier molecular flexibility index (Phi) is 2.93. The number of aryl methyl sites for hydroxylation is 2. The third kappa shape index (κ3) is 1.89. The molecule has 2 heterocycles. The highest BCUT2D eigenvalue weighted by atomic mass is 79.9. The lowest BCUT2D eigenvalue weighted by Crippen LogP contribution is -2.29. The monoisotopic (exact) mass is 320 g/mol. The van der Waals surface area contributed by atoms with Crippen LogP contribution in [0.3, 0.4) is 0 Å². The quantitative estimate of drug-likeness (QED) is 0.921. The van der Waals surface area contributed by atoms with E-state index in [0.717, 1.165) is 28.5 Å². The third-order valence-corrected chi connectivity index (χ3v) is 3.88. The summed E-state index contributed by atoms with van der Waals surface area (Å²) in [6.45, 7) is 3.17. The Morgan fingerprint density at radius 1 is 1.47 bits per heavy atom. The number of rotatable bonds is 2. The Bertz CT molecular complexity index is 749. The van der Waals surface area contributed by atoms with E-state index in [9.17, 15) is 9.59 Å². The lowest BCUT2D eigenvalue weighted by atomic mass is 10.1. The Hall–Kier alpha value is -1.62. The van der Waals surface area contributed by atoms with E-state index >= 15 is 0 Å². The molecule has 0 saturated carbocycles. The van der Waals surface area contributed by atoms with E-state index < -0.39 is 0 Å². The van der Waals surface area contributed by atoms with Crippen LogP contribution in [0.25, 0.3) is 10.9 Å². The summed E-state index contributed by atoms with van der Waals surface area (Å²) in [6, 6.07) is 3.84. The number of pyridine rings is 1. The van der Waals surface area contributed by atoms with Crippen molar-refractivity contribution in [2.24, 2.45) is 0 Å². The summed E-state index contributed by atoms with van der Waals surface area (Å²) in [5.74, 6) is -0.299. The topological polar surface area (TPSA) is 51.1 Å². The molecular formula is C14H13BrN2O2. The van der Waals surface area contributed by atoms with E-state index in [1.54, 1.807) is 12.3 Å². The fourth-order valence-electron chi connectivity index (χ4n) is 2.62. The minimum absolute atomic E-state index is 0.193. The molecule has 0 spiro atoms. The molecule has 3 rings (SSSR count). The van der Waals surface area contributed by atoms with Crippen LogP contribution in [0.5, 0.6) is 0 Å². The Morgan fingerprint density at radius 2 is 2.26 bits per heavy atom. The number of carbonyl (C=O) groups is 1. The van der Waals surface area contributed by atoms with Crippen molar-refractivity contribution in [2.45, 2.75) is 19.9 Å². The first-order valence-corrected chi connectivity index (χ1v) is 7.05. The number of amides is 1. The van der Waals surface area contributed by atoms with Crippen molar-refractivity contribution >= 4 is 32.7 Å². The molecule has 1 N–H and O–H groups in total. The molecule has 1 aliphatic heterocycles. The van der Waals surface area contributed by atoms with Crippen LogP contribution in [0.4, 0.5) is 0 Å². The number of benzene rings is 1. The minimum atomic E-state index is -0.299. The number of hydrogen-bond donors (Lipinski definition) is 1. The van der Waals surface area contributed by atoms with Gasteiger partial charge < -0.3 is 9.88 Å². The van der Waals surface area contributed by atoms with E-state index in [1.807, 2.05) is 17.6 Å². The number of nitrogens with one attached hydrogen (secondary N) is 1. The predicted molar refractivity (Wildman–Crippen MR) is 77.6 cm³/mol. The second-order valence-electron chi connectivity index (χ2n) is 4.64. The van der Waals surface area contributed by atoms with Crippen molar-refractivity contribution in [3.05, 3.63) is 44.2 Å². The van der Waals surface area contributed by atoms with Crippen LogP contribution in [-0.2, 0) is 13.0 Å². The average Bonchev–Trinajstić information content (AvgIpc) is 2.77. The van der Waals surface area contributed by atoms with Crippen molar-refractivity contribution in [1.29, 1.82) is 0 Å². The molecule has 4 nitrogen and oxygen atoms in total. The van der Waals surface area contributed by atoms with Crippen LogP contribution >= 0.6 is 15.9 Å². The minimum Gasteiger partial charge on any atom is -0.352 e. The Balaban J connectivity index is 2.33. The van der Waals surface area contributed by atoms with Gasteiger partial charge in [-0.1, -0.05) is 15.9 Å². The van der Waals surface area contributed by atoms with Gasteiger partial charge in [0.1, 0.15) is 5.56 Å². The SMILES string of the molecule is CCNC(=O)c1cn2c3c(cc(Br)cc3c1=O)CC2. The lowest BCUT2D eigenvalue weighted by molar-refractivity contribution is 0.0954. The Labute approximate surface area is 118 Å². The van der Waals surface area contributed by atoms with Gasteiger partial charge in [-0.2, -0.15) is 0 Å². The molecule has 0 unspecified atom stereocenters. The molecule has 0 aliphatic carbocycles. The molecule has 0 bridgehead atoms. The summed E-state index contributed by atoms with van der Waals surface area (Å²) in [7, 11) is 0. The molecule has 1 aliphatic rings. The highest BCUT2D eigenvalue weighted by Gasteiger charge is 2.20. The van der Waals surface area contributed by atoms with Crippen LogP contribution in [0.15, 0.2) is 27.6 Å². The smallest absolute Gasteiger partial charge is 0.256 e. The summed E-state index contributed by atoms with van der Waals surface area (Å²) in [5, 5.41) is 3.30. The van der Waals surface area contributed by atoms with Gasteiger partial charge in [-0.3, -0.25) is 9.59 Å². The predicted octanol–water partition coefficient (Wildman–Crippen LogP) is 2.07. The maximum absolute atomic E-state index is 12.4. The standard InChI is InChI=1S/C14H13BrN2O2/c1-2-16-14(19)11-7-17-4-3-8-5-9(15)6-10(12(8)17)13(11)18/h5-7H,2-4H2,1H3,(H,16,19). The molecule has 1 aromatic heterocycles. The number of halogens is 1. The molecule has 1 aromatic carbocycles. The van der Waals surface area contributed by atoms with Crippen LogP contribution in [0.1, 0.15) is 22.8 Å². The van der Waals surface area contributed by atoms with E-state index in [2.05, 4.69) is 21.2 Å². The van der Waals surface area contributed by atoms with Gasteiger partial charge in [0.15, 0.2) is 0 Å². The zero-order chi connectivity index (χ0) is 13.6. The summed E-state index contributed by atoms with van der Waals surface area (Å²) in [6.07, 6.45) is 2.58. The molecule has 5 heteroatoms. The molecule has 0 saturated heterocycles. The van der Waals surface area contributed by atoms with Gasteiger partial charge in [0.05, 0.1) is 5.52 Å². The molecule has 1 amide bonds. The maximum Gasteiger partial charge on any atom is 0.256 e. The normalized spacial score (nSPS) is 12.9. The lowest BCUT2D eigenvalue weighted by Gasteiger charge is -2.08. The zero-order valence-electron chi connectivity index (χ0n) is 10.5. The van der Waals surface area contributed by atoms with Gasteiger partial charge >= 0.3 is 0 Å². The van der Waals surface area contributed by atoms with Gasteiger partial charge in [-0.15, -0.1) is 0 Å². The number of hydrogen-bond acceptors (Lipinski definition) is 2. The molecule has 0 atom stereocenters. The highest BCUT2D eigenvalue weighted by Crippen LogP contribution is 2.27. The fraction of sp³-hybridized carbons (Fsp3) is 0.286. The van der Waals surface area contributed by atoms with Gasteiger partial charge in [-0.25, -0.2) is 0 Å². The molecular weight excluding hydrogens is 308 g/mol. The van der Waals surface area contributed by atoms with Crippen molar-refractivity contribution in [1.82, 2.24) is 9.88 Å². The fourth-order valence-corrected chi connectivity index (χ4v) is 3.12. The summed E-state index contributed by atoms with van der Waals surface area (Å²) in [5.41, 5.74) is 2.15. The summed E-state index contributed by atoms with van der Waals surface area (Å²) < 4.78 is 2.89.